The maximum atomic E-state index is 12.6. The molecule has 1 aliphatic heterocycles. The van der Waals surface area contributed by atoms with Crippen molar-refractivity contribution in [2.75, 3.05) is 47.8 Å². The molecular weight excluding hydrogens is 500 g/mol. The van der Waals surface area contributed by atoms with Gasteiger partial charge in [-0.05, 0) is 88.7 Å². The fourth-order valence-electron chi connectivity index (χ4n) is 4.84. The lowest BCUT2D eigenvalue weighted by atomic mass is 10.0. The first-order valence-electron chi connectivity index (χ1n) is 13.7. The monoisotopic (exact) mass is 536 g/mol. The average Bonchev–Trinajstić information content (AvgIpc) is 3.56. The van der Waals surface area contributed by atoms with Crippen LogP contribution in [0.15, 0.2) is 65.7 Å². The number of rotatable bonds is 11. The van der Waals surface area contributed by atoms with Crippen LogP contribution in [0.3, 0.4) is 0 Å². The Kier molecular flexibility index (Phi) is 8.19. The van der Waals surface area contributed by atoms with Crippen molar-refractivity contribution >= 4 is 34.1 Å². The van der Waals surface area contributed by atoms with Gasteiger partial charge in [0.05, 0.1) is 22.4 Å². The van der Waals surface area contributed by atoms with E-state index in [1.54, 1.807) is 0 Å². The van der Waals surface area contributed by atoms with E-state index in [-0.39, 0.29) is 11.7 Å². The number of aromatic amines is 1. The third-order valence-corrected chi connectivity index (χ3v) is 7.10. The van der Waals surface area contributed by atoms with Crippen LogP contribution < -0.4 is 5.32 Å². The van der Waals surface area contributed by atoms with E-state index in [4.69, 9.17) is 9.98 Å². The Morgan fingerprint density at radius 2 is 1.60 bits per heavy atom. The second kappa shape index (κ2) is 11.9. The van der Waals surface area contributed by atoms with Crippen LogP contribution in [0.5, 0.6) is 0 Å². The summed E-state index contributed by atoms with van der Waals surface area (Å²) in [6.45, 7) is 2.30. The number of likely N-dealkylation sites (N-methyl/N-ethyl adjacent to an activating group) is 1. The van der Waals surface area contributed by atoms with Gasteiger partial charge in [-0.15, -0.1) is 0 Å². The topological polar surface area (TPSA) is 93.7 Å². The summed E-state index contributed by atoms with van der Waals surface area (Å²) in [4.78, 5) is 42.2. The zero-order chi connectivity index (χ0) is 28.2. The number of aromatic nitrogens is 2. The van der Waals surface area contributed by atoms with Crippen molar-refractivity contribution in [3.8, 4) is 11.4 Å². The summed E-state index contributed by atoms with van der Waals surface area (Å²) < 4.78 is 0. The summed E-state index contributed by atoms with van der Waals surface area (Å²) in [5, 5.41) is 2.97. The molecule has 8 nitrogen and oxygen atoms in total. The zero-order valence-electron chi connectivity index (χ0n) is 23.6. The van der Waals surface area contributed by atoms with Crippen LogP contribution >= 0.6 is 0 Å². The summed E-state index contributed by atoms with van der Waals surface area (Å²) in [5.41, 5.74) is 8.02. The van der Waals surface area contributed by atoms with Crippen molar-refractivity contribution in [2.24, 2.45) is 4.99 Å². The van der Waals surface area contributed by atoms with Crippen LogP contribution in [0.25, 0.3) is 22.4 Å². The molecule has 1 aliphatic rings. The van der Waals surface area contributed by atoms with Gasteiger partial charge < -0.3 is 20.1 Å². The highest BCUT2D eigenvalue weighted by Crippen LogP contribution is 2.30. The number of carbonyl (C=O) groups is 2. The SMILES string of the molecule is CN(C)CCCC(=O)c1ccc2nc(-c3ccc(C4=Nc5ccc(C(=O)NCCN(C)C)cc5C4)cc3)[nH]c2c1. The molecule has 0 radical (unpaired) electrons. The van der Waals surface area contributed by atoms with Gasteiger partial charge in [-0.3, -0.25) is 14.6 Å². The lowest BCUT2D eigenvalue weighted by Gasteiger charge is -2.10. The van der Waals surface area contributed by atoms with E-state index in [9.17, 15) is 9.59 Å². The summed E-state index contributed by atoms with van der Waals surface area (Å²) in [7, 11) is 8.00. The minimum atomic E-state index is -0.0610. The first-order chi connectivity index (χ1) is 19.3. The van der Waals surface area contributed by atoms with E-state index >= 15 is 0 Å². The van der Waals surface area contributed by atoms with Gasteiger partial charge in [0.15, 0.2) is 5.78 Å². The maximum absolute atomic E-state index is 12.6. The Balaban J connectivity index is 1.25. The molecule has 0 unspecified atom stereocenters. The molecule has 0 spiro atoms. The third-order valence-electron chi connectivity index (χ3n) is 7.10. The number of fused-ring (bicyclic) bond motifs is 2. The highest BCUT2D eigenvalue weighted by atomic mass is 16.1. The third kappa shape index (κ3) is 6.35. The van der Waals surface area contributed by atoms with Crippen molar-refractivity contribution in [2.45, 2.75) is 19.3 Å². The number of ketones is 1. The van der Waals surface area contributed by atoms with Crippen LogP contribution in [-0.2, 0) is 6.42 Å². The highest BCUT2D eigenvalue weighted by molar-refractivity contribution is 6.07. The van der Waals surface area contributed by atoms with Crippen LogP contribution in [-0.4, -0.2) is 85.0 Å². The van der Waals surface area contributed by atoms with Crippen LogP contribution in [0.1, 0.15) is 44.7 Å². The molecule has 1 amide bonds. The van der Waals surface area contributed by atoms with Crippen molar-refractivity contribution in [3.63, 3.8) is 0 Å². The smallest absolute Gasteiger partial charge is 0.251 e. The van der Waals surface area contributed by atoms with Gasteiger partial charge in [-0.25, -0.2) is 4.98 Å². The predicted molar refractivity (Wildman–Crippen MR) is 161 cm³/mol. The van der Waals surface area contributed by atoms with Gasteiger partial charge >= 0.3 is 0 Å². The van der Waals surface area contributed by atoms with E-state index in [0.717, 1.165) is 64.5 Å². The summed E-state index contributed by atoms with van der Waals surface area (Å²) in [6, 6.07) is 19.6. The molecule has 0 atom stereocenters. The Labute approximate surface area is 235 Å². The van der Waals surface area contributed by atoms with Gasteiger partial charge in [0, 0.05) is 42.6 Å². The largest absolute Gasteiger partial charge is 0.351 e. The fourth-order valence-corrected chi connectivity index (χ4v) is 4.84. The molecule has 206 valence electrons. The first-order valence-corrected chi connectivity index (χ1v) is 13.7. The van der Waals surface area contributed by atoms with Crippen molar-refractivity contribution in [1.29, 1.82) is 0 Å². The van der Waals surface area contributed by atoms with Crippen LogP contribution in [0, 0.1) is 0 Å². The van der Waals surface area contributed by atoms with E-state index in [2.05, 4.69) is 27.3 Å². The molecular formula is C32H36N6O2. The van der Waals surface area contributed by atoms with E-state index in [1.165, 1.54) is 0 Å². The molecule has 3 aromatic carbocycles. The van der Waals surface area contributed by atoms with Gasteiger partial charge in [0.25, 0.3) is 5.91 Å². The number of H-pyrrole nitrogens is 1. The second-order valence-electron chi connectivity index (χ2n) is 10.9. The number of amides is 1. The first kappa shape index (κ1) is 27.4. The number of nitrogens with zero attached hydrogens (tertiary/aromatic N) is 4. The molecule has 0 saturated heterocycles. The normalized spacial score (nSPS) is 12.7. The molecule has 2 heterocycles. The zero-order valence-corrected chi connectivity index (χ0v) is 23.6. The Bertz CT molecular complexity index is 1570. The summed E-state index contributed by atoms with van der Waals surface area (Å²) >= 11 is 0. The molecule has 0 fully saturated rings. The number of aliphatic imine (C=N–C) groups is 1. The fraction of sp³-hybridized carbons (Fsp3) is 0.312. The number of Topliss-reactive ketones (excluding diaryl/α,β-unsaturated/α-hetero) is 1. The maximum Gasteiger partial charge on any atom is 0.251 e. The highest BCUT2D eigenvalue weighted by Gasteiger charge is 2.19. The summed E-state index contributed by atoms with van der Waals surface area (Å²) in [6.07, 6.45) is 2.06. The lowest BCUT2D eigenvalue weighted by Crippen LogP contribution is -2.31. The van der Waals surface area contributed by atoms with Gasteiger partial charge in [0.2, 0.25) is 0 Å². The quantitative estimate of drug-likeness (QED) is 0.271. The van der Waals surface area contributed by atoms with Crippen molar-refractivity contribution < 1.29 is 9.59 Å². The van der Waals surface area contributed by atoms with Gasteiger partial charge in [-0.1, -0.05) is 24.3 Å². The Morgan fingerprint density at radius 3 is 2.35 bits per heavy atom. The number of hydrogen-bond acceptors (Lipinski definition) is 6. The lowest BCUT2D eigenvalue weighted by molar-refractivity contribution is 0.0948. The number of carbonyl (C=O) groups excluding carboxylic acids is 2. The van der Waals surface area contributed by atoms with Crippen molar-refractivity contribution in [3.05, 3.63) is 82.9 Å². The minimum absolute atomic E-state index is 0.0610. The van der Waals surface area contributed by atoms with Crippen molar-refractivity contribution in [1.82, 2.24) is 25.1 Å². The van der Waals surface area contributed by atoms with Gasteiger partial charge in [-0.2, -0.15) is 0 Å². The molecule has 8 heteroatoms. The molecule has 0 bridgehead atoms. The average molecular weight is 537 g/mol. The number of benzene rings is 3. The summed E-state index contributed by atoms with van der Waals surface area (Å²) in [5.74, 6) is 0.856. The molecule has 0 saturated carbocycles. The Hall–Kier alpha value is -4.14. The minimum Gasteiger partial charge on any atom is -0.351 e. The molecule has 1 aromatic heterocycles. The van der Waals surface area contributed by atoms with E-state index in [0.29, 0.717) is 30.5 Å². The molecule has 40 heavy (non-hydrogen) atoms. The predicted octanol–water partition coefficient (Wildman–Crippen LogP) is 4.72. The molecule has 4 aromatic rings. The van der Waals surface area contributed by atoms with E-state index in [1.807, 2.05) is 81.6 Å². The molecule has 5 rings (SSSR count). The Morgan fingerprint density at radius 1 is 0.875 bits per heavy atom. The van der Waals surface area contributed by atoms with Crippen LogP contribution in [0.4, 0.5) is 5.69 Å². The standard InChI is InChI=1S/C32H36N6O2/c1-37(2)16-5-6-30(39)23-11-14-27-29(19-23)36-31(35-27)22-9-7-21(8-10-22)28-20-25-18-24(12-13-26(25)34-28)32(40)33-15-17-38(3)4/h7-14,18-19H,5-6,15-17,20H2,1-4H3,(H,33,40)(H,35,36). The van der Waals surface area contributed by atoms with E-state index < -0.39 is 0 Å². The number of nitrogens with one attached hydrogen (secondary N) is 2. The van der Waals surface area contributed by atoms with Gasteiger partial charge in [0.1, 0.15) is 5.82 Å². The van der Waals surface area contributed by atoms with Crippen LogP contribution in [0.2, 0.25) is 0 Å². The number of hydrogen-bond donors (Lipinski definition) is 2. The molecule has 0 aliphatic carbocycles. The number of imidazole rings is 1. The molecule has 2 N–H and O–H groups in total. The second-order valence-corrected chi connectivity index (χ2v) is 10.9.